The van der Waals surface area contributed by atoms with Crippen LogP contribution in [0.2, 0.25) is 0 Å². The molecule has 0 saturated carbocycles. The topological polar surface area (TPSA) is 192 Å². The number of nitrogens with one attached hydrogen (secondary N) is 1. The summed E-state index contributed by atoms with van der Waals surface area (Å²) in [6.45, 7) is 0.644. The number of esters is 1. The van der Waals surface area contributed by atoms with Crippen molar-refractivity contribution in [1.82, 2.24) is 19.6 Å². The largest absolute Gasteiger partial charge is 0.425 e. The average Bonchev–Trinajstić information content (AvgIpc) is 3.12. The van der Waals surface area contributed by atoms with Gasteiger partial charge in [0.25, 0.3) is 0 Å². The van der Waals surface area contributed by atoms with E-state index < -0.39 is 36.8 Å². The van der Waals surface area contributed by atoms with Gasteiger partial charge in [0.1, 0.15) is 18.8 Å². The number of nitrogens with two attached hydrogens (primary N) is 2. The molecule has 278 valence electrons. The van der Waals surface area contributed by atoms with Gasteiger partial charge < -0.3 is 33.8 Å². The highest BCUT2D eigenvalue weighted by Crippen LogP contribution is 2.14. The van der Waals surface area contributed by atoms with E-state index in [0.717, 1.165) is 11.1 Å². The van der Waals surface area contributed by atoms with Crippen molar-refractivity contribution in [1.29, 1.82) is 0 Å². The molecule has 0 unspecified atom stereocenters. The lowest BCUT2D eigenvalue weighted by atomic mass is 10.2. The molecule has 0 aliphatic rings. The smallest absolute Gasteiger partial charge is 0.343 e. The van der Waals surface area contributed by atoms with E-state index in [1.54, 1.807) is 24.3 Å². The molecule has 0 atom stereocenters. The Hall–Kier alpha value is -5.80. The van der Waals surface area contributed by atoms with E-state index in [4.69, 9.17) is 25.7 Å². The van der Waals surface area contributed by atoms with Gasteiger partial charge in [-0.05, 0) is 35.4 Å². The van der Waals surface area contributed by atoms with Gasteiger partial charge in [-0.2, -0.15) is 0 Å². The summed E-state index contributed by atoms with van der Waals surface area (Å²) < 4.78 is 15.8. The maximum Gasteiger partial charge on any atom is 0.343 e. The Morgan fingerprint density at radius 2 is 1.04 bits per heavy atom. The van der Waals surface area contributed by atoms with E-state index in [9.17, 15) is 24.0 Å². The highest BCUT2D eigenvalue weighted by atomic mass is 16.5. The summed E-state index contributed by atoms with van der Waals surface area (Å²) in [6, 6.07) is 24.6. The SMILES string of the molecule is COCCN(CC(=O)N(CC(=O)N(CCOC)CC(=O)N(CC(=O)Oc1ccc([NH+]=C(N)N)cc1)Cc1ccccc1)Cc1ccccc1)C(C)=O. The van der Waals surface area contributed by atoms with E-state index in [-0.39, 0.29) is 70.1 Å². The third-order valence-electron chi connectivity index (χ3n) is 7.74. The number of ether oxygens (including phenoxy) is 3. The van der Waals surface area contributed by atoms with Crippen molar-refractivity contribution in [2.24, 2.45) is 11.5 Å². The van der Waals surface area contributed by atoms with Crippen molar-refractivity contribution >= 4 is 41.2 Å². The highest BCUT2D eigenvalue weighted by molar-refractivity contribution is 5.91. The van der Waals surface area contributed by atoms with Crippen LogP contribution in [0.25, 0.3) is 0 Å². The van der Waals surface area contributed by atoms with Crippen LogP contribution in [-0.4, -0.2) is 122 Å². The fourth-order valence-electron chi connectivity index (χ4n) is 5.00. The summed E-state index contributed by atoms with van der Waals surface area (Å²) >= 11 is 0. The zero-order chi connectivity index (χ0) is 37.9. The van der Waals surface area contributed by atoms with Crippen LogP contribution in [0.1, 0.15) is 18.1 Å². The molecule has 0 radical (unpaired) electrons. The number of guanidine groups is 1. The van der Waals surface area contributed by atoms with Gasteiger partial charge in [0.15, 0.2) is 0 Å². The molecule has 3 rings (SSSR count). The maximum absolute atomic E-state index is 13.9. The Morgan fingerprint density at radius 3 is 1.52 bits per heavy atom. The number of carbonyl (C=O) groups is 5. The zero-order valence-corrected chi connectivity index (χ0v) is 29.9. The van der Waals surface area contributed by atoms with Crippen molar-refractivity contribution in [3.8, 4) is 5.75 Å². The van der Waals surface area contributed by atoms with Gasteiger partial charge in [-0.25, -0.2) is 9.79 Å². The molecule has 0 saturated heterocycles. The van der Waals surface area contributed by atoms with Crippen molar-refractivity contribution in [2.75, 3.05) is 66.7 Å². The number of nitrogens with zero attached hydrogens (tertiary/aromatic N) is 4. The van der Waals surface area contributed by atoms with Gasteiger partial charge in [-0.1, -0.05) is 60.7 Å². The van der Waals surface area contributed by atoms with Gasteiger partial charge in [0.05, 0.1) is 32.0 Å². The van der Waals surface area contributed by atoms with Crippen LogP contribution in [0.15, 0.2) is 84.9 Å². The summed E-state index contributed by atoms with van der Waals surface area (Å²) in [5.74, 6) is -2.27. The first kappa shape index (κ1) is 40.6. The van der Waals surface area contributed by atoms with E-state index in [2.05, 4.69) is 4.99 Å². The zero-order valence-electron chi connectivity index (χ0n) is 29.9. The van der Waals surface area contributed by atoms with E-state index in [0.29, 0.717) is 5.69 Å². The molecule has 3 aromatic carbocycles. The van der Waals surface area contributed by atoms with Crippen molar-refractivity contribution in [3.63, 3.8) is 0 Å². The van der Waals surface area contributed by atoms with Crippen LogP contribution >= 0.6 is 0 Å². The quantitative estimate of drug-likeness (QED) is 0.0600. The van der Waals surface area contributed by atoms with Gasteiger partial charge in [0.2, 0.25) is 23.6 Å². The number of carbonyl (C=O) groups excluding carboxylic acids is 5. The molecular weight excluding hydrogens is 670 g/mol. The van der Waals surface area contributed by atoms with Crippen molar-refractivity contribution in [3.05, 3.63) is 96.1 Å². The minimum Gasteiger partial charge on any atom is -0.425 e. The second-order valence-electron chi connectivity index (χ2n) is 11.8. The lowest BCUT2D eigenvalue weighted by molar-refractivity contribution is -0.356. The second kappa shape index (κ2) is 21.4. The summed E-state index contributed by atoms with van der Waals surface area (Å²) in [7, 11) is 2.96. The van der Waals surface area contributed by atoms with Crippen LogP contribution in [0, 0.1) is 0 Å². The van der Waals surface area contributed by atoms with Crippen LogP contribution in [-0.2, 0) is 46.5 Å². The fraction of sp³-hybridized carbons (Fsp3) is 0.351. The fourth-order valence-corrected chi connectivity index (χ4v) is 5.00. The minimum atomic E-state index is -0.701. The number of benzene rings is 3. The molecule has 0 aliphatic carbocycles. The third kappa shape index (κ3) is 14.2. The van der Waals surface area contributed by atoms with Crippen LogP contribution in [0.5, 0.6) is 5.75 Å². The van der Waals surface area contributed by atoms with E-state index >= 15 is 0 Å². The summed E-state index contributed by atoms with van der Waals surface area (Å²) in [5, 5.41) is 0. The molecule has 15 heteroatoms. The van der Waals surface area contributed by atoms with Gasteiger partial charge in [0, 0.05) is 47.3 Å². The van der Waals surface area contributed by atoms with E-state index in [1.807, 2.05) is 60.7 Å². The molecule has 0 aromatic heterocycles. The van der Waals surface area contributed by atoms with Gasteiger partial charge in [-0.3, -0.25) is 30.6 Å². The molecule has 3 aromatic rings. The molecule has 4 amide bonds. The monoisotopic (exact) mass is 718 g/mol. The summed E-state index contributed by atoms with van der Waals surface area (Å²) in [4.78, 5) is 74.9. The standard InChI is InChI=1S/C37H47N7O8/c1-28(45)41(18-20-50-2)24-34(47)43(22-29-10-6-4-7-11-29)26-33(46)42(19-21-51-3)25-35(48)44(23-30-12-8-5-9-13-30)27-36(49)52-32-16-14-31(15-17-32)40-37(38)39/h4-17H,18-27H2,1-3H3,(H4,38,39,40)/p+1. The number of hydrogen-bond acceptors (Lipinski definition) is 8. The molecular formula is C37H48N7O8+. The Balaban J connectivity index is 1.81. The maximum atomic E-state index is 13.9. The van der Waals surface area contributed by atoms with Crippen LogP contribution in [0.4, 0.5) is 5.69 Å². The number of amides is 4. The number of methoxy groups -OCH3 is 2. The summed E-state index contributed by atoms with van der Waals surface area (Å²) in [6.07, 6.45) is 0. The summed E-state index contributed by atoms with van der Waals surface area (Å²) in [5.41, 5.74) is 13.1. The lowest BCUT2D eigenvalue weighted by Gasteiger charge is -2.31. The van der Waals surface area contributed by atoms with Crippen LogP contribution < -0.4 is 21.2 Å². The predicted molar refractivity (Wildman–Crippen MR) is 192 cm³/mol. The Bertz CT molecular complexity index is 1630. The molecule has 0 spiro atoms. The molecule has 0 fully saturated rings. The highest BCUT2D eigenvalue weighted by Gasteiger charge is 2.27. The Kier molecular flexibility index (Phi) is 16.7. The molecule has 5 N–H and O–H groups in total. The normalized spacial score (nSPS) is 10.5. The van der Waals surface area contributed by atoms with Gasteiger partial charge >= 0.3 is 11.9 Å². The first-order valence-electron chi connectivity index (χ1n) is 16.6. The first-order chi connectivity index (χ1) is 25.0. The Labute approximate surface area is 303 Å². The minimum absolute atomic E-state index is 0.00547. The molecule has 0 bridgehead atoms. The average molecular weight is 719 g/mol. The predicted octanol–water partition coefficient (Wildman–Crippen LogP) is -0.395. The molecule has 0 aliphatic heterocycles. The lowest BCUT2D eigenvalue weighted by Crippen LogP contribution is -2.72. The molecule has 52 heavy (non-hydrogen) atoms. The van der Waals surface area contributed by atoms with E-state index in [1.165, 1.54) is 40.7 Å². The van der Waals surface area contributed by atoms with Crippen molar-refractivity contribution < 1.29 is 43.2 Å². The van der Waals surface area contributed by atoms with Crippen LogP contribution in [0.3, 0.4) is 0 Å². The number of rotatable bonds is 20. The third-order valence-corrected chi connectivity index (χ3v) is 7.74. The molecule has 15 nitrogen and oxygen atoms in total. The second-order valence-corrected chi connectivity index (χ2v) is 11.8. The molecule has 0 heterocycles. The van der Waals surface area contributed by atoms with Crippen molar-refractivity contribution in [2.45, 2.75) is 20.0 Å². The first-order valence-corrected chi connectivity index (χ1v) is 16.6. The number of hydrogen-bond donors (Lipinski definition) is 3. The van der Waals surface area contributed by atoms with Gasteiger partial charge in [-0.15, -0.1) is 0 Å². The Morgan fingerprint density at radius 1 is 0.596 bits per heavy atom.